The van der Waals surface area contributed by atoms with Crippen molar-refractivity contribution in [2.45, 2.75) is 31.8 Å². The Morgan fingerprint density at radius 1 is 1.15 bits per heavy atom. The maximum absolute atomic E-state index is 11.7. The highest BCUT2D eigenvalue weighted by molar-refractivity contribution is 5.90. The van der Waals surface area contributed by atoms with Crippen molar-refractivity contribution in [3.63, 3.8) is 0 Å². The first-order chi connectivity index (χ1) is 13.1. The minimum atomic E-state index is -0.617. The molecule has 6 nitrogen and oxygen atoms in total. The molecule has 1 aliphatic heterocycles. The van der Waals surface area contributed by atoms with Gasteiger partial charge in [-0.05, 0) is 34.9 Å². The Morgan fingerprint density at radius 3 is 2.41 bits per heavy atom. The van der Waals surface area contributed by atoms with E-state index in [4.69, 9.17) is 25.1 Å². The van der Waals surface area contributed by atoms with E-state index in [0.717, 1.165) is 22.4 Å². The summed E-state index contributed by atoms with van der Waals surface area (Å²) in [5, 5.41) is 9.10. The van der Waals surface area contributed by atoms with E-state index in [-0.39, 0.29) is 18.3 Å². The molecule has 0 saturated heterocycles. The molecule has 0 aromatic heterocycles. The molecule has 0 spiro atoms. The Labute approximate surface area is 158 Å². The van der Waals surface area contributed by atoms with Crippen molar-refractivity contribution in [1.82, 2.24) is 0 Å². The smallest absolute Gasteiger partial charge is 0.283 e. The zero-order valence-corrected chi connectivity index (χ0v) is 15.1. The van der Waals surface area contributed by atoms with E-state index in [2.05, 4.69) is 0 Å². The van der Waals surface area contributed by atoms with Crippen LogP contribution in [0.3, 0.4) is 0 Å². The first kappa shape index (κ1) is 18.9. The van der Waals surface area contributed by atoms with Gasteiger partial charge in [0.1, 0.15) is 5.75 Å². The topological polar surface area (TPSA) is 91.0 Å². The molecule has 3 rings (SSSR count). The van der Waals surface area contributed by atoms with Gasteiger partial charge in [-0.3, -0.25) is 4.79 Å². The van der Waals surface area contributed by atoms with Crippen molar-refractivity contribution in [2.24, 2.45) is 5.73 Å². The number of aliphatic hydroxyl groups is 1. The third-order valence-corrected chi connectivity index (χ3v) is 4.49. The number of allylic oxidation sites excluding steroid dienone is 1. The summed E-state index contributed by atoms with van der Waals surface area (Å²) in [7, 11) is 1.62. The third kappa shape index (κ3) is 4.87. The van der Waals surface area contributed by atoms with Gasteiger partial charge in [0.2, 0.25) is 6.29 Å². The molecular formula is C21H23NO5. The molecule has 2 aromatic rings. The van der Waals surface area contributed by atoms with Gasteiger partial charge in [0.05, 0.1) is 20.3 Å². The van der Waals surface area contributed by atoms with Gasteiger partial charge >= 0.3 is 0 Å². The standard InChI is InChI=1S/C21H23NO5/c1-25-18-8-6-16(7-9-18)17-10-19(21(22)24)27-20(11-17)26-13-15-4-2-14(12-23)3-5-15/h2-10,17,20,23H,11-13H2,1H3,(H2,22,24)/t17-,20+/m0/s1. The highest BCUT2D eigenvalue weighted by atomic mass is 16.7. The number of aliphatic hydroxyl groups excluding tert-OH is 1. The predicted molar refractivity (Wildman–Crippen MR) is 99.7 cm³/mol. The minimum Gasteiger partial charge on any atom is -0.497 e. The molecule has 1 heterocycles. The van der Waals surface area contributed by atoms with E-state index in [1.807, 2.05) is 48.5 Å². The molecular weight excluding hydrogens is 346 g/mol. The number of hydrogen-bond donors (Lipinski definition) is 2. The van der Waals surface area contributed by atoms with Crippen LogP contribution >= 0.6 is 0 Å². The summed E-state index contributed by atoms with van der Waals surface area (Å²) >= 11 is 0. The molecule has 2 aromatic carbocycles. The van der Waals surface area contributed by atoms with Gasteiger partial charge in [0.15, 0.2) is 5.76 Å². The Hall–Kier alpha value is -2.83. The minimum absolute atomic E-state index is 0.00316. The van der Waals surface area contributed by atoms with E-state index in [1.165, 1.54) is 0 Å². The lowest BCUT2D eigenvalue weighted by atomic mass is 9.93. The normalized spacial score (nSPS) is 19.1. The first-order valence-corrected chi connectivity index (χ1v) is 8.71. The predicted octanol–water partition coefficient (Wildman–Crippen LogP) is 2.60. The average molecular weight is 369 g/mol. The zero-order valence-electron chi connectivity index (χ0n) is 15.1. The lowest BCUT2D eigenvalue weighted by molar-refractivity contribution is -0.148. The Morgan fingerprint density at radius 2 is 1.81 bits per heavy atom. The summed E-state index contributed by atoms with van der Waals surface area (Å²) in [6.45, 7) is 0.334. The second-order valence-corrected chi connectivity index (χ2v) is 6.34. The number of carbonyl (C=O) groups is 1. The number of nitrogens with two attached hydrogens (primary N) is 1. The van der Waals surface area contributed by atoms with Crippen LogP contribution < -0.4 is 10.5 Å². The molecule has 27 heavy (non-hydrogen) atoms. The van der Waals surface area contributed by atoms with Crippen LogP contribution in [0.15, 0.2) is 60.4 Å². The van der Waals surface area contributed by atoms with Crippen molar-refractivity contribution in [3.8, 4) is 5.75 Å². The number of rotatable bonds is 7. The van der Waals surface area contributed by atoms with Crippen LogP contribution in [0.2, 0.25) is 0 Å². The van der Waals surface area contributed by atoms with E-state index >= 15 is 0 Å². The summed E-state index contributed by atoms with van der Waals surface area (Å²) in [5.74, 6) is 0.217. The van der Waals surface area contributed by atoms with Crippen LogP contribution in [0.4, 0.5) is 0 Å². The quantitative estimate of drug-likeness (QED) is 0.783. The number of carbonyl (C=O) groups excluding carboxylic acids is 1. The number of ether oxygens (including phenoxy) is 3. The number of primary amides is 1. The Kier molecular flexibility index (Phi) is 6.11. The van der Waals surface area contributed by atoms with Crippen molar-refractivity contribution in [2.75, 3.05) is 7.11 Å². The van der Waals surface area contributed by atoms with Gasteiger partial charge in [-0.2, -0.15) is 0 Å². The monoisotopic (exact) mass is 369 g/mol. The van der Waals surface area contributed by atoms with Gasteiger partial charge < -0.3 is 25.1 Å². The molecule has 1 aliphatic rings. The molecule has 3 N–H and O–H groups in total. The Balaban J connectivity index is 1.70. The van der Waals surface area contributed by atoms with Gasteiger partial charge in [0.25, 0.3) is 5.91 Å². The van der Waals surface area contributed by atoms with Gasteiger partial charge in [0, 0.05) is 12.3 Å². The van der Waals surface area contributed by atoms with E-state index in [9.17, 15) is 4.79 Å². The largest absolute Gasteiger partial charge is 0.497 e. The van der Waals surface area contributed by atoms with Crippen molar-refractivity contribution in [1.29, 1.82) is 0 Å². The number of amides is 1. The fourth-order valence-corrected chi connectivity index (χ4v) is 2.94. The second-order valence-electron chi connectivity index (χ2n) is 6.34. The zero-order chi connectivity index (χ0) is 19.2. The number of benzene rings is 2. The first-order valence-electron chi connectivity index (χ1n) is 8.71. The molecule has 0 saturated carbocycles. The van der Waals surface area contributed by atoms with Crippen molar-refractivity contribution in [3.05, 3.63) is 77.1 Å². The molecule has 0 radical (unpaired) electrons. The lowest BCUT2D eigenvalue weighted by Gasteiger charge is -2.28. The molecule has 0 unspecified atom stereocenters. The lowest BCUT2D eigenvalue weighted by Crippen LogP contribution is -2.29. The average Bonchev–Trinajstić information content (AvgIpc) is 2.72. The molecule has 6 heteroatoms. The fraction of sp³-hybridized carbons (Fsp3) is 0.286. The number of methoxy groups -OCH3 is 1. The van der Waals surface area contributed by atoms with Crippen LogP contribution in [0.5, 0.6) is 5.75 Å². The highest BCUT2D eigenvalue weighted by Crippen LogP contribution is 2.32. The molecule has 1 amide bonds. The van der Waals surface area contributed by atoms with Gasteiger partial charge in [-0.1, -0.05) is 36.4 Å². The Bertz CT molecular complexity index is 798. The van der Waals surface area contributed by atoms with Crippen LogP contribution in [0.1, 0.15) is 29.0 Å². The van der Waals surface area contributed by atoms with E-state index in [1.54, 1.807) is 13.2 Å². The van der Waals surface area contributed by atoms with E-state index in [0.29, 0.717) is 13.0 Å². The second kappa shape index (κ2) is 8.70. The maximum atomic E-state index is 11.7. The van der Waals surface area contributed by atoms with Crippen LogP contribution in [0, 0.1) is 0 Å². The van der Waals surface area contributed by atoms with Crippen molar-refractivity contribution < 1.29 is 24.1 Å². The summed E-state index contributed by atoms with van der Waals surface area (Å²) in [5.41, 5.74) is 8.24. The summed E-state index contributed by atoms with van der Waals surface area (Å²) in [6, 6.07) is 15.1. The summed E-state index contributed by atoms with van der Waals surface area (Å²) in [6.07, 6.45) is 1.72. The van der Waals surface area contributed by atoms with Crippen LogP contribution in [-0.2, 0) is 27.5 Å². The van der Waals surface area contributed by atoms with Gasteiger partial charge in [-0.25, -0.2) is 0 Å². The van der Waals surface area contributed by atoms with E-state index < -0.39 is 12.2 Å². The fourth-order valence-electron chi connectivity index (χ4n) is 2.94. The van der Waals surface area contributed by atoms with Gasteiger partial charge in [-0.15, -0.1) is 0 Å². The third-order valence-electron chi connectivity index (χ3n) is 4.49. The summed E-state index contributed by atoms with van der Waals surface area (Å²) < 4.78 is 16.7. The maximum Gasteiger partial charge on any atom is 0.283 e. The molecule has 2 atom stereocenters. The molecule has 0 aliphatic carbocycles. The van der Waals surface area contributed by atoms with Crippen LogP contribution in [-0.4, -0.2) is 24.4 Å². The highest BCUT2D eigenvalue weighted by Gasteiger charge is 2.27. The molecule has 0 bridgehead atoms. The number of hydrogen-bond acceptors (Lipinski definition) is 5. The molecule has 0 fully saturated rings. The molecule has 142 valence electrons. The SMILES string of the molecule is COc1ccc([C@H]2C=C(C(N)=O)O[C@@H](OCc3ccc(CO)cc3)C2)cc1. The van der Waals surface area contributed by atoms with Crippen LogP contribution in [0.25, 0.3) is 0 Å². The van der Waals surface area contributed by atoms with Crippen molar-refractivity contribution >= 4 is 5.91 Å². The summed E-state index contributed by atoms with van der Waals surface area (Å²) in [4.78, 5) is 11.7.